The predicted molar refractivity (Wildman–Crippen MR) is 92.3 cm³/mol. The number of amides is 1. The van der Waals surface area contributed by atoms with Crippen molar-refractivity contribution in [2.24, 2.45) is 0 Å². The second-order valence-corrected chi connectivity index (χ2v) is 6.02. The maximum atomic E-state index is 12.5. The molecule has 0 saturated heterocycles. The Labute approximate surface area is 145 Å². The van der Waals surface area contributed by atoms with Gasteiger partial charge in [-0.15, -0.1) is 10.2 Å². The first kappa shape index (κ1) is 17.1. The molecule has 0 radical (unpaired) electrons. The molecule has 8 nitrogen and oxygen atoms in total. The average Bonchev–Trinajstić information content (AvgIpc) is 3.21. The van der Waals surface area contributed by atoms with Crippen molar-refractivity contribution < 1.29 is 9.53 Å². The highest BCUT2D eigenvalue weighted by Gasteiger charge is 2.18. The van der Waals surface area contributed by atoms with Gasteiger partial charge in [-0.25, -0.2) is 4.98 Å². The molecule has 3 rings (SSSR count). The fourth-order valence-corrected chi connectivity index (χ4v) is 2.70. The summed E-state index contributed by atoms with van der Waals surface area (Å²) in [5, 5.41) is 11.0. The lowest BCUT2D eigenvalue weighted by atomic mass is 10.3. The number of imidazole rings is 1. The zero-order chi connectivity index (χ0) is 17.8. The second-order valence-electron chi connectivity index (χ2n) is 6.02. The van der Waals surface area contributed by atoms with E-state index >= 15 is 0 Å². The Balaban J connectivity index is 1.70. The van der Waals surface area contributed by atoms with Crippen LogP contribution in [-0.2, 0) is 11.3 Å². The van der Waals surface area contributed by atoms with Crippen LogP contribution in [0.25, 0.3) is 5.65 Å². The fraction of sp³-hybridized carbons (Fsp3) is 0.412. The quantitative estimate of drug-likeness (QED) is 0.661. The van der Waals surface area contributed by atoms with E-state index in [9.17, 15) is 4.79 Å². The molecule has 0 fully saturated rings. The van der Waals surface area contributed by atoms with Crippen LogP contribution in [0.4, 0.5) is 0 Å². The Morgan fingerprint density at radius 2 is 2.20 bits per heavy atom. The predicted octanol–water partition coefficient (Wildman–Crippen LogP) is 1.76. The molecule has 3 heterocycles. The average molecular weight is 342 g/mol. The summed E-state index contributed by atoms with van der Waals surface area (Å²) in [5.74, 6) is 0.476. The van der Waals surface area contributed by atoms with E-state index in [1.165, 1.54) is 0 Å². The first-order valence-corrected chi connectivity index (χ1v) is 8.21. The Hall–Kier alpha value is -2.74. The smallest absolute Gasteiger partial charge is 0.272 e. The van der Waals surface area contributed by atoms with Crippen LogP contribution in [-0.4, -0.2) is 43.8 Å². The first-order valence-electron chi connectivity index (χ1n) is 8.21. The summed E-state index contributed by atoms with van der Waals surface area (Å²) in [6.07, 6.45) is 6.19. The van der Waals surface area contributed by atoms with Gasteiger partial charge in [0.05, 0.1) is 6.04 Å². The number of hydrogen-bond donors (Lipinski definition) is 1. The minimum absolute atomic E-state index is 0.236. The van der Waals surface area contributed by atoms with Crippen molar-refractivity contribution in [3.63, 3.8) is 0 Å². The van der Waals surface area contributed by atoms with E-state index in [2.05, 4.69) is 20.5 Å². The zero-order valence-corrected chi connectivity index (χ0v) is 14.6. The van der Waals surface area contributed by atoms with Gasteiger partial charge < -0.3 is 19.0 Å². The topological polar surface area (TPSA) is 86.3 Å². The van der Waals surface area contributed by atoms with Crippen molar-refractivity contribution >= 4 is 11.6 Å². The lowest BCUT2D eigenvalue weighted by Crippen LogP contribution is -2.29. The van der Waals surface area contributed by atoms with Crippen molar-refractivity contribution in [3.8, 4) is 0 Å². The van der Waals surface area contributed by atoms with Crippen LogP contribution in [0.15, 0.2) is 30.9 Å². The lowest BCUT2D eigenvalue weighted by molar-refractivity contribution is 0.0933. The minimum Gasteiger partial charge on any atom is -0.385 e. The van der Waals surface area contributed by atoms with Gasteiger partial charge in [0.25, 0.3) is 5.91 Å². The van der Waals surface area contributed by atoms with Crippen LogP contribution in [0, 0.1) is 6.92 Å². The Morgan fingerprint density at radius 1 is 1.36 bits per heavy atom. The van der Waals surface area contributed by atoms with E-state index in [0.717, 1.165) is 24.2 Å². The van der Waals surface area contributed by atoms with Gasteiger partial charge in [-0.1, -0.05) is 6.07 Å². The lowest BCUT2D eigenvalue weighted by Gasteiger charge is -2.14. The number of pyridine rings is 1. The van der Waals surface area contributed by atoms with E-state index in [0.29, 0.717) is 18.1 Å². The third kappa shape index (κ3) is 3.85. The molecule has 0 bridgehead atoms. The van der Waals surface area contributed by atoms with Crippen LogP contribution in [0.2, 0.25) is 0 Å². The number of nitrogens with zero attached hydrogens (tertiary/aromatic N) is 5. The molecule has 1 N–H and O–H groups in total. The van der Waals surface area contributed by atoms with Gasteiger partial charge in [0.15, 0.2) is 5.82 Å². The summed E-state index contributed by atoms with van der Waals surface area (Å²) in [7, 11) is 1.67. The molecule has 0 aliphatic carbocycles. The molecule has 8 heteroatoms. The summed E-state index contributed by atoms with van der Waals surface area (Å²) in [6.45, 7) is 5.29. The number of nitrogens with one attached hydrogen (secondary N) is 1. The summed E-state index contributed by atoms with van der Waals surface area (Å²) in [4.78, 5) is 16.9. The Morgan fingerprint density at radius 3 is 3.00 bits per heavy atom. The maximum absolute atomic E-state index is 12.5. The highest BCUT2D eigenvalue weighted by atomic mass is 16.5. The van der Waals surface area contributed by atoms with Crippen molar-refractivity contribution in [2.75, 3.05) is 13.7 Å². The number of rotatable bonds is 7. The summed E-state index contributed by atoms with van der Waals surface area (Å²) < 4.78 is 8.84. The van der Waals surface area contributed by atoms with Gasteiger partial charge in [-0.2, -0.15) is 0 Å². The SMILES string of the molecule is COCCCn1cnnc1[C@@H](C)NC(=O)c1cn2cc(C)ccc2n1. The van der Waals surface area contributed by atoms with E-state index < -0.39 is 0 Å². The highest BCUT2D eigenvalue weighted by Crippen LogP contribution is 2.12. The van der Waals surface area contributed by atoms with Gasteiger partial charge in [0.1, 0.15) is 17.7 Å². The minimum atomic E-state index is -0.274. The van der Waals surface area contributed by atoms with Gasteiger partial charge in [0, 0.05) is 32.7 Å². The van der Waals surface area contributed by atoms with Gasteiger partial charge in [-0.3, -0.25) is 4.79 Å². The summed E-state index contributed by atoms with van der Waals surface area (Å²) >= 11 is 0. The van der Waals surface area contributed by atoms with Gasteiger partial charge >= 0.3 is 0 Å². The number of aromatic nitrogens is 5. The molecule has 0 spiro atoms. The van der Waals surface area contributed by atoms with Crippen molar-refractivity contribution in [2.45, 2.75) is 32.9 Å². The second kappa shape index (κ2) is 7.43. The molecular weight excluding hydrogens is 320 g/mol. The van der Waals surface area contributed by atoms with Gasteiger partial charge in [-0.05, 0) is 31.9 Å². The Bertz CT molecular complexity index is 869. The number of hydrogen-bond acceptors (Lipinski definition) is 5. The molecule has 1 amide bonds. The molecular formula is C17H22N6O2. The third-order valence-electron chi connectivity index (χ3n) is 3.96. The fourth-order valence-electron chi connectivity index (χ4n) is 2.70. The van der Waals surface area contributed by atoms with Crippen LogP contribution in [0.5, 0.6) is 0 Å². The molecule has 3 aromatic rings. The molecule has 1 atom stereocenters. The molecule has 0 aliphatic rings. The maximum Gasteiger partial charge on any atom is 0.272 e. The van der Waals surface area contributed by atoms with Crippen LogP contribution in [0.1, 0.15) is 41.3 Å². The first-order chi connectivity index (χ1) is 12.1. The normalized spacial score (nSPS) is 12.4. The highest BCUT2D eigenvalue weighted by molar-refractivity contribution is 5.93. The molecule has 3 aromatic heterocycles. The number of carbonyl (C=O) groups is 1. The van der Waals surface area contributed by atoms with Crippen LogP contribution >= 0.6 is 0 Å². The van der Waals surface area contributed by atoms with Crippen molar-refractivity contribution in [3.05, 3.63) is 47.9 Å². The van der Waals surface area contributed by atoms with Crippen LogP contribution < -0.4 is 5.32 Å². The summed E-state index contributed by atoms with van der Waals surface area (Å²) in [6, 6.07) is 3.58. The largest absolute Gasteiger partial charge is 0.385 e. The monoisotopic (exact) mass is 342 g/mol. The van der Waals surface area contributed by atoms with Crippen molar-refractivity contribution in [1.82, 2.24) is 29.5 Å². The molecule has 132 valence electrons. The molecule has 0 aromatic carbocycles. The number of carbonyl (C=O) groups excluding carboxylic acids is 1. The van der Waals surface area contributed by atoms with E-state index in [-0.39, 0.29) is 11.9 Å². The molecule has 0 unspecified atom stereocenters. The van der Waals surface area contributed by atoms with Crippen LogP contribution in [0.3, 0.4) is 0 Å². The molecule has 25 heavy (non-hydrogen) atoms. The van der Waals surface area contributed by atoms with E-state index in [1.54, 1.807) is 19.6 Å². The Kier molecular flexibility index (Phi) is 5.08. The third-order valence-corrected chi connectivity index (χ3v) is 3.96. The molecule has 0 saturated carbocycles. The van der Waals surface area contributed by atoms with E-state index in [1.807, 2.05) is 41.1 Å². The van der Waals surface area contributed by atoms with Gasteiger partial charge in [0.2, 0.25) is 0 Å². The zero-order valence-electron chi connectivity index (χ0n) is 14.6. The summed E-state index contributed by atoms with van der Waals surface area (Å²) in [5.41, 5.74) is 2.23. The molecule has 0 aliphatic heterocycles. The standard InChI is InChI=1S/C17H22N6O2/c1-12-5-6-15-20-14(10-23(15)9-12)17(24)19-13(2)16-21-18-11-22(16)7-4-8-25-3/h5-6,9-11,13H,4,7-8H2,1-3H3,(H,19,24)/t13-/m1/s1. The number of aryl methyl sites for hydroxylation is 2. The number of methoxy groups -OCH3 is 1. The van der Waals surface area contributed by atoms with Crippen molar-refractivity contribution in [1.29, 1.82) is 0 Å². The van der Waals surface area contributed by atoms with E-state index in [4.69, 9.17) is 4.74 Å². The number of ether oxygens (including phenoxy) is 1. The number of fused-ring (bicyclic) bond motifs is 1.